The van der Waals surface area contributed by atoms with Crippen LogP contribution in [0.5, 0.6) is 5.75 Å². The van der Waals surface area contributed by atoms with Gasteiger partial charge in [-0.05, 0) is 5.21 Å². The molecule has 0 amide bonds. The Morgan fingerprint density at radius 1 is 1.38 bits per heavy atom. The highest BCUT2D eigenvalue weighted by Gasteiger charge is 2.27. The molecule has 1 aromatic carbocycles. The van der Waals surface area contributed by atoms with Crippen molar-refractivity contribution in [2.45, 2.75) is 0 Å². The highest BCUT2D eigenvalue weighted by Crippen LogP contribution is 2.39. The number of nitro groups is 2. The average molecular weight is 332 g/mol. The third-order valence-electron chi connectivity index (χ3n) is 2.74. The molecule has 13 nitrogen and oxygen atoms in total. The number of nitro benzene ring substituents is 2. The predicted octanol–water partition coefficient (Wildman–Crippen LogP) is 1.00. The lowest BCUT2D eigenvalue weighted by Crippen LogP contribution is -2.01. The number of tetrazole rings is 1. The van der Waals surface area contributed by atoms with Crippen molar-refractivity contribution in [3.05, 3.63) is 44.4 Å². The van der Waals surface area contributed by atoms with E-state index in [4.69, 9.17) is 10.00 Å². The molecule has 2 aromatic rings. The molecule has 2 rings (SSSR count). The van der Waals surface area contributed by atoms with Crippen molar-refractivity contribution in [3.8, 4) is 11.8 Å². The van der Waals surface area contributed by atoms with Gasteiger partial charge in [-0.15, -0.1) is 10.2 Å². The summed E-state index contributed by atoms with van der Waals surface area (Å²) in [5.41, 5.74) is -1.23. The molecule has 13 heteroatoms. The van der Waals surface area contributed by atoms with Crippen LogP contribution in [0, 0.1) is 31.6 Å². The van der Waals surface area contributed by atoms with Gasteiger partial charge < -0.3 is 10.1 Å². The summed E-state index contributed by atoms with van der Waals surface area (Å²) in [6.07, 6.45) is 1.14. The average Bonchev–Trinajstić information content (AvgIpc) is 3.08. The largest absolute Gasteiger partial charge is 0.485 e. The minimum atomic E-state index is -0.814. The summed E-state index contributed by atoms with van der Waals surface area (Å²) < 4.78 is 4.75. The number of benzene rings is 1. The second-order valence-electron chi connectivity index (χ2n) is 4.11. The lowest BCUT2D eigenvalue weighted by Gasteiger charge is -2.06. The first kappa shape index (κ1) is 16.3. The Hall–Kier alpha value is -4.08. The Morgan fingerprint density at radius 3 is 2.42 bits per heavy atom. The molecule has 0 bridgehead atoms. The van der Waals surface area contributed by atoms with Crippen LogP contribution in [-0.4, -0.2) is 37.6 Å². The summed E-state index contributed by atoms with van der Waals surface area (Å²) in [4.78, 5) is 20.5. The number of H-pyrrole nitrogens is 1. The van der Waals surface area contributed by atoms with E-state index < -0.39 is 27.0 Å². The smallest absolute Gasteiger partial charge is 0.320 e. The summed E-state index contributed by atoms with van der Waals surface area (Å²) in [7, 11) is 1.09. The molecule has 0 radical (unpaired) electrons. The topological polar surface area (TPSA) is 186 Å². The number of aromatic nitrogens is 4. The van der Waals surface area contributed by atoms with Crippen molar-refractivity contribution in [3.63, 3.8) is 0 Å². The van der Waals surface area contributed by atoms with Gasteiger partial charge in [-0.1, -0.05) is 0 Å². The number of nitrogens with zero attached hydrogens (tertiary/aromatic N) is 6. The van der Waals surface area contributed by atoms with Gasteiger partial charge >= 0.3 is 11.4 Å². The highest BCUT2D eigenvalue weighted by atomic mass is 16.6. The van der Waals surface area contributed by atoms with Crippen molar-refractivity contribution in [2.75, 3.05) is 12.4 Å². The van der Waals surface area contributed by atoms with Gasteiger partial charge in [-0.25, -0.2) is 0 Å². The summed E-state index contributed by atoms with van der Waals surface area (Å²) in [6, 6.07) is 3.86. The van der Waals surface area contributed by atoms with E-state index in [1.807, 2.05) is 0 Å². The first-order valence-corrected chi connectivity index (χ1v) is 6.09. The van der Waals surface area contributed by atoms with Crippen LogP contribution in [0.3, 0.4) is 0 Å². The van der Waals surface area contributed by atoms with Gasteiger partial charge in [0.2, 0.25) is 5.82 Å². The zero-order valence-electron chi connectivity index (χ0n) is 12.0. The van der Waals surface area contributed by atoms with E-state index in [0.29, 0.717) is 0 Å². The van der Waals surface area contributed by atoms with Crippen LogP contribution in [0.2, 0.25) is 0 Å². The van der Waals surface area contributed by atoms with Gasteiger partial charge in [0.05, 0.1) is 22.6 Å². The van der Waals surface area contributed by atoms with Gasteiger partial charge in [0.1, 0.15) is 11.6 Å². The van der Waals surface area contributed by atoms with Crippen molar-refractivity contribution < 1.29 is 14.6 Å². The van der Waals surface area contributed by atoms with Gasteiger partial charge in [0.25, 0.3) is 5.75 Å². The van der Waals surface area contributed by atoms with Crippen LogP contribution < -0.4 is 10.1 Å². The van der Waals surface area contributed by atoms with E-state index in [1.54, 1.807) is 6.07 Å². The van der Waals surface area contributed by atoms with Crippen LogP contribution in [-0.2, 0) is 0 Å². The molecule has 2 N–H and O–H groups in total. The Kier molecular flexibility index (Phi) is 4.61. The second-order valence-corrected chi connectivity index (χ2v) is 4.11. The van der Waals surface area contributed by atoms with E-state index in [2.05, 4.69) is 25.9 Å². The number of methoxy groups -OCH3 is 1. The number of rotatable bonds is 6. The zero-order valence-corrected chi connectivity index (χ0v) is 12.0. The van der Waals surface area contributed by atoms with Crippen molar-refractivity contribution in [2.24, 2.45) is 0 Å². The molecule has 0 aliphatic carbocycles. The second kappa shape index (κ2) is 6.79. The molecular weight excluding hydrogens is 324 g/mol. The fourth-order valence-corrected chi connectivity index (χ4v) is 1.74. The van der Waals surface area contributed by atoms with E-state index >= 15 is 0 Å². The first-order valence-electron chi connectivity index (χ1n) is 6.09. The van der Waals surface area contributed by atoms with Gasteiger partial charge in [-0.2, -0.15) is 10.5 Å². The van der Waals surface area contributed by atoms with Crippen LogP contribution in [0.1, 0.15) is 5.82 Å². The summed E-state index contributed by atoms with van der Waals surface area (Å²) in [6.45, 7) is 0. The maximum atomic E-state index is 11.1. The number of aromatic amines is 1. The highest BCUT2D eigenvalue weighted by molar-refractivity contribution is 5.76. The number of ether oxygens (including phenoxy) is 1. The Bertz CT molecular complexity index is 819. The van der Waals surface area contributed by atoms with Crippen molar-refractivity contribution in [1.82, 2.24) is 20.6 Å². The third kappa shape index (κ3) is 3.22. The Balaban J connectivity index is 2.46. The normalized spacial score (nSPS) is 10.8. The molecule has 0 atom stereocenters. The lowest BCUT2D eigenvalue weighted by molar-refractivity contribution is -0.395. The van der Waals surface area contributed by atoms with E-state index in [-0.39, 0.29) is 17.1 Å². The zero-order chi connectivity index (χ0) is 17.7. The number of nitriles is 1. The monoisotopic (exact) mass is 332 g/mol. The maximum Gasteiger partial charge on any atom is 0.320 e. The summed E-state index contributed by atoms with van der Waals surface area (Å²) in [5.74, 6) is -0.485. The number of hydrogen-bond acceptors (Lipinski definition) is 10. The number of allylic oxidation sites excluding steroid dienone is 1. The minimum Gasteiger partial charge on any atom is -0.485 e. The molecule has 0 saturated heterocycles. The van der Waals surface area contributed by atoms with Crippen LogP contribution in [0.25, 0.3) is 5.57 Å². The fraction of sp³-hybridized carbons (Fsp3) is 0.0909. The molecule has 0 fully saturated rings. The molecule has 0 spiro atoms. The van der Waals surface area contributed by atoms with Crippen LogP contribution in [0.15, 0.2) is 18.3 Å². The molecule has 122 valence electrons. The molecule has 0 saturated carbocycles. The molecule has 1 aromatic heterocycles. The quantitative estimate of drug-likeness (QED) is 0.439. The standard InChI is InChI=1S/C11H8N8O5/c1-24-10-8(18(20)21)2-7(3-9(10)19(22)23)13-5-6(4-12)11-14-16-17-15-11/h2-3,5,13H,1H3,(H,14,15,16,17). The van der Waals surface area contributed by atoms with Gasteiger partial charge in [0, 0.05) is 18.3 Å². The fourth-order valence-electron chi connectivity index (χ4n) is 1.74. The molecule has 0 aliphatic heterocycles. The minimum absolute atomic E-state index is 0.00504. The summed E-state index contributed by atoms with van der Waals surface area (Å²) >= 11 is 0. The SMILES string of the molecule is COc1c([N+](=O)[O-])cc(NC=C(C#N)c2nn[nH]n2)cc1[N+](=O)[O-]. The summed E-state index contributed by atoms with van der Waals surface area (Å²) in [5, 5.41) is 46.4. The van der Waals surface area contributed by atoms with E-state index in [0.717, 1.165) is 25.4 Å². The molecular formula is C11H8N8O5. The number of hydrogen-bond donors (Lipinski definition) is 2. The predicted molar refractivity (Wildman–Crippen MR) is 77.7 cm³/mol. The van der Waals surface area contributed by atoms with E-state index in [1.165, 1.54) is 0 Å². The molecule has 0 aliphatic rings. The van der Waals surface area contributed by atoms with E-state index in [9.17, 15) is 20.2 Å². The van der Waals surface area contributed by atoms with Crippen molar-refractivity contribution in [1.29, 1.82) is 5.26 Å². The molecule has 0 unspecified atom stereocenters. The molecule has 24 heavy (non-hydrogen) atoms. The van der Waals surface area contributed by atoms with Gasteiger partial charge in [-0.3, -0.25) is 20.2 Å². The molecule has 1 heterocycles. The van der Waals surface area contributed by atoms with Crippen LogP contribution >= 0.6 is 0 Å². The number of anilines is 1. The number of nitrogens with one attached hydrogen (secondary N) is 2. The van der Waals surface area contributed by atoms with Crippen molar-refractivity contribution >= 4 is 22.6 Å². The Labute approximate surface area is 132 Å². The lowest BCUT2D eigenvalue weighted by atomic mass is 10.2. The first-order chi connectivity index (χ1) is 11.5. The Morgan fingerprint density at radius 2 is 2.00 bits per heavy atom. The third-order valence-corrected chi connectivity index (χ3v) is 2.74. The van der Waals surface area contributed by atoms with Gasteiger partial charge in [0.15, 0.2) is 0 Å². The van der Waals surface area contributed by atoms with Crippen LogP contribution in [0.4, 0.5) is 17.1 Å². The maximum absolute atomic E-state index is 11.1.